The summed E-state index contributed by atoms with van der Waals surface area (Å²) in [6, 6.07) is 6.81. The van der Waals surface area contributed by atoms with Gasteiger partial charge in [0, 0.05) is 5.75 Å². The molecule has 182 valence electrons. The maximum absolute atomic E-state index is 12.5. The van der Waals surface area contributed by atoms with Crippen LogP contribution in [-0.4, -0.2) is 39.1 Å². The fraction of sp³-hybridized carbons (Fsp3) is 0.640. The zero-order valence-corrected chi connectivity index (χ0v) is 21.5. The largest absolute Gasteiger partial charge is 0.469 e. The van der Waals surface area contributed by atoms with Gasteiger partial charge < -0.3 is 4.74 Å². The first-order valence-electron chi connectivity index (χ1n) is 11.7. The third kappa shape index (κ3) is 13.3. The first-order valence-corrected chi connectivity index (χ1v) is 14.2. The Hall–Kier alpha value is -1.31. The summed E-state index contributed by atoms with van der Waals surface area (Å²) >= 11 is 1.80. The third-order valence-corrected chi connectivity index (χ3v) is 7.53. The van der Waals surface area contributed by atoms with Crippen LogP contribution in [-0.2, 0) is 23.8 Å². The van der Waals surface area contributed by atoms with E-state index >= 15 is 0 Å². The van der Waals surface area contributed by atoms with Crippen LogP contribution in [0.5, 0.6) is 0 Å². The van der Waals surface area contributed by atoms with Crippen molar-refractivity contribution in [3.05, 3.63) is 42.0 Å². The average Bonchev–Trinajstić information content (AvgIpc) is 2.76. The molecule has 5 nitrogen and oxygen atoms in total. The molecule has 0 aliphatic rings. The van der Waals surface area contributed by atoms with E-state index in [0.717, 1.165) is 74.9 Å². The van der Waals surface area contributed by atoms with E-state index < -0.39 is 10.1 Å². The number of benzene rings is 1. The molecule has 0 saturated carbocycles. The molecule has 1 rings (SSSR count). The standard InChI is InChI=1S/C25H40O5S2/c1-4-13-23(30-32(27,28)24-17-15-22(2)16-18-24)14-11-9-7-5-6-8-10-12-20-31-21-19-25(26)29-3/h5-6,15-18,23H,4,7-14,19-21H2,1-3H3/b6-5-. The zero-order valence-electron chi connectivity index (χ0n) is 19.9. The SMILES string of the molecule is CCCC(CCCC/C=C\CCCCSCCC(=O)OC)OS(=O)(=O)c1ccc(C)cc1. The summed E-state index contributed by atoms with van der Waals surface area (Å²) in [6.07, 6.45) is 13.5. The number of methoxy groups -OCH3 is 1. The lowest BCUT2D eigenvalue weighted by molar-refractivity contribution is -0.140. The van der Waals surface area contributed by atoms with Crippen molar-refractivity contribution >= 4 is 27.8 Å². The van der Waals surface area contributed by atoms with Gasteiger partial charge in [0.1, 0.15) is 0 Å². The maximum atomic E-state index is 12.5. The zero-order chi connectivity index (χ0) is 23.7. The topological polar surface area (TPSA) is 69.7 Å². The Morgan fingerprint density at radius 3 is 2.28 bits per heavy atom. The first kappa shape index (κ1) is 28.7. The van der Waals surface area contributed by atoms with Gasteiger partial charge in [-0.2, -0.15) is 20.2 Å². The third-order valence-electron chi connectivity index (χ3n) is 5.08. The number of hydrogen-bond acceptors (Lipinski definition) is 6. The molecule has 0 aliphatic carbocycles. The lowest BCUT2D eigenvalue weighted by Crippen LogP contribution is -2.18. The van der Waals surface area contributed by atoms with Gasteiger partial charge in [-0.1, -0.05) is 49.6 Å². The van der Waals surface area contributed by atoms with Crippen LogP contribution in [0.15, 0.2) is 41.3 Å². The van der Waals surface area contributed by atoms with Crippen LogP contribution in [0.3, 0.4) is 0 Å². The maximum Gasteiger partial charge on any atom is 0.306 e. The molecule has 0 radical (unpaired) electrons. The number of aryl methyl sites for hydroxylation is 1. The molecule has 1 aromatic rings. The van der Waals surface area contributed by atoms with Crippen molar-refractivity contribution in [3.63, 3.8) is 0 Å². The van der Waals surface area contributed by atoms with E-state index in [9.17, 15) is 13.2 Å². The van der Waals surface area contributed by atoms with E-state index in [2.05, 4.69) is 23.8 Å². The van der Waals surface area contributed by atoms with Gasteiger partial charge in [0.15, 0.2) is 0 Å². The Morgan fingerprint density at radius 1 is 1.00 bits per heavy atom. The quantitative estimate of drug-likeness (QED) is 0.103. The van der Waals surface area contributed by atoms with Crippen molar-refractivity contribution in [2.75, 3.05) is 18.6 Å². The van der Waals surface area contributed by atoms with Gasteiger partial charge in [-0.05, 0) is 69.8 Å². The minimum atomic E-state index is -3.71. The first-order chi connectivity index (χ1) is 15.4. The van der Waals surface area contributed by atoms with Gasteiger partial charge >= 0.3 is 5.97 Å². The van der Waals surface area contributed by atoms with Crippen molar-refractivity contribution < 1.29 is 22.1 Å². The lowest BCUT2D eigenvalue weighted by atomic mass is 10.1. The number of hydrogen-bond donors (Lipinski definition) is 0. The second-order valence-corrected chi connectivity index (χ2v) is 10.8. The number of carbonyl (C=O) groups excluding carboxylic acids is 1. The Morgan fingerprint density at radius 2 is 1.66 bits per heavy atom. The van der Waals surface area contributed by atoms with E-state index in [4.69, 9.17) is 4.18 Å². The molecule has 7 heteroatoms. The second-order valence-electron chi connectivity index (χ2n) is 7.96. The molecule has 0 bridgehead atoms. The Bertz CT molecular complexity index is 757. The molecule has 0 aromatic heterocycles. The van der Waals surface area contributed by atoms with Gasteiger partial charge in [-0.3, -0.25) is 8.98 Å². The highest BCUT2D eigenvalue weighted by Gasteiger charge is 2.21. The molecular weight excluding hydrogens is 444 g/mol. The van der Waals surface area contributed by atoms with Crippen molar-refractivity contribution in [3.8, 4) is 0 Å². The van der Waals surface area contributed by atoms with Crippen molar-refractivity contribution in [2.45, 2.75) is 89.1 Å². The van der Waals surface area contributed by atoms with E-state index in [-0.39, 0.29) is 17.0 Å². The number of allylic oxidation sites excluding steroid dienone is 2. The van der Waals surface area contributed by atoms with Crippen LogP contribution < -0.4 is 0 Å². The summed E-state index contributed by atoms with van der Waals surface area (Å²) in [5.41, 5.74) is 1.02. The molecule has 1 aromatic carbocycles. The minimum Gasteiger partial charge on any atom is -0.469 e. The molecule has 1 unspecified atom stereocenters. The molecule has 0 spiro atoms. The highest BCUT2D eigenvalue weighted by atomic mass is 32.2. The van der Waals surface area contributed by atoms with Gasteiger partial charge in [0.25, 0.3) is 10.1 Å². The summed E-state index contributed by atoms with van der Waals surface area (Å²) in [4.78, 5) is 11.2. The predicted octanol–water partition coefficient (Wildman–Crippen LogP) is 6.45. The number of esters is 1. The van der Waals surface area contributed by atoms with E-state index in [1.54, 1.807) is 36.0 Å². The molecule has 1 atom stereocenters. The minimum absolute atomic E-state index is 0.138. The normalized spacial score (nSPS) is 12.8. The number of unbranched alkanes of at least 4 members (excludes halogenated alkanes) is 4. The van der Waals surface area contributed by atoms with Crippen molar-refractivity contribution in [1.29, 1.82) is 0 Å². The highest BCUT2D eigenvalue weighted by Crippen LogP contribution is 2.20. The van der Waals surface area contributed by atoms with Gasteiger partial charge in [-0.25, -0.2) is 0 Å². The Balaban J connectivity index is 2.17. The van der Waals surface area contributed by atoms with E-state index in [1.165, 1.54) is 7.11 Å². The van der Waals surface area contributed by atoms with E-state index in [1.807, 2.05) is 6.92 Å². The van der Waals surface area contributed by atoms with Crippen LogP contribution in [0.4, 0.5) is 0 Å². The second kappa shape index (κ2) is 17.2. The fourth-order valence-corrected chi connectivity index (χ4v) is 5.25. The Labute approximate surface area is 199 Å². The molecule has 0 saturated heterocycles. The molecule has 0 amide bonds. The van der Waals surface area contributed by atoms with Gasteiger partial charge in [0.05, 0.1) is 24.5 Å². The molecule has 0 aliphatic heterocycles. The average molecular weight is 485 g/mol. The van der Waals surface area contributed by atoms with E-state index in [0.29, 0.717) is 6.42 Å². The van der Waals surface area contributed by atoms with Crippen LogP contribution >= 0.6 is 11.8 Å². The summed E-state index contributed by atoms with van der Waals surface area (Å²) in [7, 11) is -2.28. The summed E-state index contributed by atoms with van der Waals surface area (Å²) in [5.74, 6) is 1.77. The summed E-state index contributed by atoms with van der Waals surface area (Å²) < 4.78 is 35.2. The number of rotatable bonds is 18. The van der Waals surface area contributed by atoms with Crippen LogP contribution in [0.2, 0.25) is 0 Å². The van der Waals surface area contributed by atoms with Crippen LogP contribution in [0.1, 0.15) is 76.7 Å². The van der Waals surface area contributed by atoms with Crippen LogP contribution in [0.25, 0.3) is 0 Å². The van der Waals surface area contributed by atoms with Gasteiger partial charge in [0.2, 0.25) is 0 Å². The lowest BCUT2D eigenvalue weighted by Gasteiger charge is -2.17. The predicted molar refractivity (Wildman–Crippen MR) is 134 cm³/mol. The van der Waals surface area contributed by atoms with Gasteiger partial charge in [-0.15, -0.1) is 0 Å². The monoisotopic (exact) mass is 484 g/mol. The fourth-order valence-electron chi connectivity index (χ4n) is 3.20. The molecular formula is C25H40O5S2. The number of thioether (sulfide) groups is 1. The Kier molecular flexibility index (Phi) is 15.4. The van der Waals surface area contributed by atoms with Crippen molar-refractivity contribution in [1.82, 2.24) is 0 Å². The molecule has 32 heavy (non-hydrogen) atoms. The smallest absolute Gasteiger partial charge is 0.306 e. The molecule has 0 heterocycles. The summed E-state index contributed by atoms with van der Waals surface area (Å²) in [5, 5.41) is 0. The van der Waals surface area contributed by atoms with Crippen LogP contribution in [0, 0.1) is 6.92 Å². The number of carbonyl (C=O) groups is 1. The number of ether oxygens (including phenoxy) is 1. The van der Waals surface area contributed by atoms with Crippen molar-refractivity contribution in [2.24, 2.45) is 0 Å². The summed E-state index contributed by atoms with van der Waals surface area (Å²) in [6.45, 7) is 3.98. The molecule has 0 N–H and O–H groups in total. The highest BCUT2D eigenvalue weighted by molar-refractivity contribution is 7.99. The molecule has 0 fully saturated rings.